The molecule has 1 amide bonds. The Morgan fingerprint density at radius 2 is 1.86 bits per heavy atom. The van der Waals surface area contributed by atoms with E-state index in [9.17, 15) is 13.2 Å². The van der Waals surface area contributed by atoms with Crippen LogP contribution in [0.4, 0.5) is 0 Å². The van der Waals surface area contributed by atoms with Crippen LogP contribution in [0, 0.1) is 12.8 Å². The maximum atomic E-state index is 12.7. The van der Waals surface area contributed by atoms with Gasteiger partial charge in [-0.3, -0.25) is 4.79 Å². The summed E-state index contributed by atoms with van der Waals surface area (Å²) in [6.45, 7) is 5.71. The van der Waals surface area contributed by atoms with E-state index < -0.39 is 22.0 Å². The van der Waals surface area contributed by atoms with Gasteiger partial charge in [0.25, 0.3) is 5.91 Å². The molecule has 0 saturated heterocycles. The Kier molecular flexibility index (Phi) is 7.92. The van der Waals surface area contributed by atoms with Gasteiger partial charge in [-0.1, -0.05) is 43.7 Å². The summed E-state index contributed by atoms with van der Waals surface area (Å²) in [5.74, 6) is 0.256. The second-order valence-corrected chi connectivity index (χ2v) is 8.84. The molecular formula is C21H27N3O4S. The van der Waals surface area contributed by atoms with Crippen LogP contribution in [0.3, 0.4) is 0 Å². The van der Waals surface area contributed by atoms with Crippen molar-refractivity contribution < 1.29 is 17.9 Å². The summed E-state index contributed by atoms with van der Waals surface area (Å²) < 4.78 is 33.0. The molecule has 29 heavy (non-hydrogen) atoms. The van der Waals surface area contributed by atoms with Gasteiger partial charge < -0.3 is 4.74 Å². The summed E-state index contributed by atoms with van der Waals surface area (Å²) in [4.78, 5) is 12.7. The molecule has 0 fully saturated rings. The van der Waals surface area contributed by atoms with Gasteiger partial charge in [0, 0.05) is 0 Å². The van der Waals surface area contributed by atoms with E-state index in [4.69, 9.17) is 4.74 Å². The lowest BCUT2D eigenvalue weighted by atomic mass is 10.0. The highest BCUT2D eigenvalue weighted by molar-refractivity contribution is 7.89. The predicted molar refractivity (Wildman–Crippen MR) is 113 cm³/mol. The normalized spacial score (nSPS) is 12.9. The quantitative estimate of drug-likeness (QED) is 0.484. The molecule has 0 saturated carbocycles. The molecule has 0 aliphatic carbocycles. The molecule has 7 nitrogen and oxygen atoms in total. The van der Waals surface area contributed by atoms with E-state index in [2.05, 4.69) is 15.2 Å². The number of ether oxygens (including phenoxy) is 1. The molecule has 1 atom stereocenters. The molecule has 0 heterocycles. The minimum atomic E-state index is -3.83. The Balaban J connectivity index is 2.10. The van der Waals surface area contributed by atoms with E-state index in [1.165, 1.54) is 18.3 Å². The molecule has 0 aliphatic rings. The van der Waals surface area contributed by atoms with Crippen LogP contribution in [-0.2, 0) is 14.8 Å². The third kappa shape index (κ3) is 6.99. The first kappa shape index (κ1) is 22.6. The number of hydrogen-bond donors (Lipinski definition) is 2. The summed E-state index contributed by atoms with van der Waals surface area (Å²) in [5.41, 5.74) is 4.11. The topological polar surface area (TPSA) is 96.9 Å². The van der Waals surface area contributed by atoms with E-state index >= 15 is 0 Å². The van der Waals surface area contributed by atoms with Crippen molar-refractivity contribution >= 4 is 22.1 Å². The standard InChI is InChI=1S/C21H27N3O4S/c1-15(2)12-20(24-29(26,27)19-10-8-16(3)9-11-19)21(25)23-22-14-17-6-5-7-18(13-17)28-4/h5-11,13-15,20,24H,12H2,1-4H3,(H,23,25)/b22-14-/t20-/m1/s1. The SMILES string of the molecule is COc1cccc(/C=N\NC(=O)[C@@H](CC(C)C)NS(=O)(=O)c2ccc(C)cc2)c1. The van der Waals surface area contributed by atoms with E-state index in [1.54, 1.807) is 37.4 Å². The van der Waals surface area contributed by atoms with Crippen LogP contribution in [0.15, 0.2) is 58.5 Å². The lowest BCUT2D eigenvalue weighted by molar-refractivity contribution is -0.123. The number of hydrazone groups is 1. The number of nitrogens with one attached hydrogen (secondary N) is 2. The third-order valence-electron chi connectivity index (χ3n) is 4.13. The lowest BCUT2D eigenvalue weighted by Gasteiger charge is -2.19. The Labute approximate surface area is 172 Å². The smallest absolute Gasteiger partial charge is 0.258 e. The first-order valence-corrected chi connectivity index (χ1v) is 10.8. The van der Waals surface area contributed by atoms with Gasteiger partial charge in [0.15, 0.2) is 0 Å². The van der Waals surface area contributed by atoms with Crippen molar-refractivity contribution in [2.24, 2.45) is 11.0 Å². The molecule has 0 aliphatic heterocycles. The summed E-state index contributed by atoms with van der Waals surface area (Å²) in [6.07, 6.45) is 1.81. The number of benzene rings is 2. The summed E-state index contributed by atoms with van der Waals surface area (Å²) in [5, 5.41) is 3.94. The number of hydrogen-bond acceptors (Lipinski definition) is 5. The fraction of sp³-hybridized carbons (Fsp3) is 0.333. The van der Waals surface area contributed by atoms with Crippen molar-refractivity contribution in [1.29, 1.82) is 0 Å². The predicted octanol–water partition coefficient (Wildman–Crippen LogP) is 2.85. The van der Waals surface area contributed by atoms with Crippen LogP contribution >= 0.6 is 0 Å². The van der Waals surface area contributed by atoms with Crippen LogP contribution in [0.25, 0.3) is 0 Å². The Bertz CT molecular complexity index is 954. The number of methoxy groups -OCH3 is 1. The lowest BCUT2D eigenvalue weighted by Crippen LogP contribution is -2.46. The van der Waals surface area contributed by atoms with Crippen molar-refractivity contribution in [2.45, 2.75) is 38.1 Å². The summed E-state index contributed by atoms with van der Waals surface area (Å²) >= 11 is 0. The van der Waals surface area contributed by atoms with Crippen LogP contribution in [0.2, 0.25) is 0 Å². The van der Waals surface area contributed by atoms with Crippen LogP contribution in [0.1, 0.15) is 31.4 Å². The number of carbonyl (C=O) groups is 1. The first-order valence-electron chi connectivity index (χ1n) is 9.27. The fourth-order valence-electron chi connectivity index (χ4n) is 2.62. The van der Waals surface area contributed by atoms with Crippen LogP contribution < -0.4 is 14.9 Å². The van der Waals surface area contributed by atoms with Gasteiger partial charge in [-0.2, -0.15) is 9.82 Å². The number of nitrogens with zero attached hydrogens (tertiary/aromatic N) is 1. The third-order valence-corrected chi connectivity index (χ3v) is 5.62. The number of sulfonamides is 1. The van der Waals surface area contributed by atoms with Gasteiger partial charge >= 0.3 is 0 Å². The van der Waals surface area contributed by atoms with Gasteiger partial charge in [-0.15, -0.1) is 0 Å². The maximum absolute atomic E-state index is 12.7. The Morgan fingerprint density at radius 1 is 1.17 bits per heavy atom. The number of carbonyl (C=O) groups excluding carboxylic acids is 1. The number of amides is 1. The van der Waals surface area contributed by atoms with Crippen LogP contribution in [0.5, 0.6) is 5.75 Å². The average Bonchev–Trinajstić information content (AvgIpc) is 2.67. The van der Waals surface area contributed by atoms with Crippen molar-refractivity contribution in [3.05, 3.63) is 59.7 Å². The van der Waals surface area contributed by atoms with Gasteiger partial charge in [0.05, 0.1) is 18.2 Å². The molecule has 0 unspecified atom stereocenters. The van der Waals surface area contributed by atoms with E-state index in [1.807, 2.05) is 26.8 Å². The monoisotopic (exact) mass is 417 g/mol. The summed E-state index contributed by atoms with van der Waals surface area (Å²) in [6, 6.07) is 12.7. The largest absolute Gasteiger partial charge is 0.497 e. The zero-order valence-corrected chi connectivity index (χ0v) is 17.9. The van der Waals surface area contributed by atoms with Crippen molar-refractivity contribution in [3.63, 3.8) is 0 Å². The van der Waals surface area contributed by atoms with Gasteiger partial charge in [-0.05, 0) is 49.1 Å². The molecule has 0 spiro atoms. The van der Waals surface area contributed by atoms with Crippen molar-refractivity contribution in [1.82, 2.24) is 10.1 Å². The minimum absolute atomic E-state index is 0.105. The maximum Gasteiger partial charge on any atom is 0.258 e. The number of rotatable bonds is 9. The van der Waals surface area contributed by atoms with Gasteiger partial charge in [-0.25, -0.2) is 13.8 Å². The molecule has 8 heteroatoms. The molecule has 2 N–H and O–H groups in total. The number of aryl methyl sites for hydroxylation is 1. The van der Waals surface area contributed by atoms with Crippen molar-refractivity contribution in [3.8, 4) is 5.75 Å². The minimum Gasteiger partial charge on any atom is -0.497 e. The molecule has 156 valence electrons. The second kappa shape index (κ2) is 10.2. The molecule has 0 bridgehead atoms. The molecule has 2 aromatic rings. The molecule has 0 aromatic heterocycles. The molecular weight excluding hydrogens is 390 g/mol. The van der Waals surface area contributed by atoms with Gasteiger partial charge in [0.1, 0.15) is 11.8 Å². The Morgan fingerprint density at radius 3 is 2.48 bits per heavy atom. The molecule has 2 aromatic carbocycles. The van der Waals surface area contributed by atoms with Crippen molar-refractivity contribution in [2.75, 3.05) is 7.11 Å². The molecule has 0 radical (unpaired) electrons. The van der Waals surface area contributed by atoms with Gasteiger partial charge in [0.2, 0.25) is 10.0 Å². The fourth-order valence-corrected chi connectivity index (χ4v) is 3.83. The highest BCUT2D eigenvalue weighted by Gasteiger charge is 2.26. The zero-order valence-electron chi connectivity index (χ0n) is 17.0. The van der Waals surface area contributed by atoms with E-state index in [0.717, 1.165) is 11.1 Å². The van der Waals surface area contributed by atoms with Crippen LogP contribution in [-0.4, -0.2) is 33.7 Å². The zero-order chi connectivity index (χ0) is 21.4. The average molecular weight is 418 g/mol. The highest BCUT2D eigenvalue weighted by atomic mass is 32.2. The second-order valence-electron chi connectivity index (χ2n) is 7.13. The first-order chi connectivity index (χ1) is 13.7. The Hall–Kier alpha value is -2.71. The molecule has 2 rings (SSSR count). The van der Waals surface area contributed by atoms with E-state index in [0.29, 0.717) is 12.2 Å². The summed E-state index contributed by atoms with van der Waals surface area (Å²) in [7, 11) is -2.27. The van der Waals surface area contributed by atoms with E-state index in [-0.39, 0.29) is 10.8 Å². The highest BCUT2D eigenvalue weighted by Crippen LogP contribution is 2.14.